The average molecular weight is 453 g/mol. The molecular weight excluding hydrogens is 418 g/mol. The molecule has 1 aliphatic carbocycles. The van der Waals surface area contributed by atoms with Gasteiger partial charge in [-0.1, -0.05) is 57.6 Å². The van der Waals surface area contributed by atoms with Crippen molar-refractivity contribution >= 4 is 5.57 Å². The van der Waals surface area contributed by atoms with E-state index in [1.54, 1.807) is 24.5 Å². The predicted molar refractivity (Wildman–Crippen MR) is 129 cm³/mol. The molecule has 1 fully saturated rings. The second-order valence-electron chi connectivity index (χ2n) is 9.43. The first kappa shape index (κ1) is 23.7. The first-order valence-corrected chi connectivity index (χ1v) is 12.3. The zero-order chi connectivity index (χ0) is 23.4. The summed E-state index contributed by atoms with van der Waals surface area (Å²) in [5, 5.41) is 0. The van der Waals surface area contributed by atoms with Crippen LogP contribution >= 0.6 is 0 Å². The van der Waals surface area contributed by atoms with E-state index < -0.39 is 11.6 Å². The third kappa shape index (κ3) is 5.24. The molecule has 33 heavy (non-hydrogen) atoms. The van der Waals surface area contributed by atoms with Crippen LogP contribution in [0.25, 0.3) is 16.7 Å². The summed E-state index contributed by atoms with van der Waals surface area (Å²) in [7, 11) is 0. The van der Waals surface area contributed by atoms with E-state index >= 15 is 8.78 Å². The standard InChI is InChI=1S/C28H34F2N2O/c1-4-6-22-10-8-20(17-33-22)23-11-9-19(14-18(23)3)24-12-13-25(28(30)27(24)29)21-15-31-26(7-5-2)32-16-21/h9,11-16,18,20,22-23H,4-8,10,17H2,1-3H3. The lowest BCUT2D eigenvalue weighted by molar-refractivity contribution is -0.0339. The molecule has 0 saturated carbocycles. The summed E-state index contributed by atoms with van der Waals surface area (Å²) in [6, 6.07) is 3.29. The Morgan fingerprint density at radius 2 is 1.73 bits per heavy atom. The number of hydrogen-bond donors (Lipinski definition) is 0. The van der Waals surface area contributed by atoms with Crippen molar-refractivity contribution in [3.8, 4) is 11.1 Å². The van der Waals surface area contributed by atoms with Crippen molar-refractivity contribution in [2.75, 3.05) is 6.61 Å². The molecule has 1 aromatic heterocycles. The molecule has 2 aromatic rings. The number of aryl methyl sites for hydroxylation is 1. The van der Waals surface area contributed by atoms with Crippen LogP contribution in [0.4, 0.5) is 8.78 Å². The summed E-state index contributed by atoms with van der Waals surface area (Å²) in [5.74, 6) is 0.109. The zero-order valence-electron chi connectivity index (χ0n) is 19.9. The van der Waals surface area contributed by atoms with Crippen molar-refractivity contribution in [2.24, 2.45) is 17.8 Å². The highest BCUT2D eigenvalue weighted by Gasteiger charge is 2.31. The van der Waals surface area contributed by atoms with Crippen molar-refractivity contribution in [2.45, 2.75) is 65.4 Å². The number of rotatable bonds is 7. The van der Waals surface area contributed by atoms with E-state index in [1.165, 1.54) is 0 Å². The van der Waals surface area contributed by atoms with E-state index in [0.717, 1.165) is 50.7 Å². The van der Waals surface area contributed by atoms with Crippen molar-refractivity contribution < 1.29 is 13.5 Å². The second-order valence-corrected chi connectivity index (χ2v) is 9.43. The van der Waals surface area contributed by atoms with Gasteiger partial charge in [0, 0.05) is 35.5 Å². The quantitative estimate of drug-likeness (QED) is 0.446. The summed E-state index contributed by atoms with van der Waals surface area (Å²) in [6.45, 7) is 7.18. The number of allylic oxidation sites excluding steroid dienone is 4. The molecule has 4 rings (SSSR count). The van der Waals surface area contributed by atoms with Gasteiger partial charge in [0.25, 0.3) is 0 Å². The molecule has 0 bridgehead atoms. The Bertz CT molecular complexity index is 1010. The normalized spacial score (nSPS) is 25.2. The van der Waals surface area contributed by atoms with E-state index in [-0.39, 0.29) is 11.5 Å². The molecule has 5 heteroatoms. The molecule has 4 unspecified atom stereocenters. The van der Waals surface area contributed by atoms with Crippen LogP contribution in [-0.4, -0.2) is 22.7 Å². The number of halogens is 2. The minimum atomic E-state index is -0.855. The van der Waals surface area contributed by atoms with Crippen molar-refractivity contribution in [1.82, 2.24) is 9.97 Å². The van der Waals surface area contributed by atoms with Crippen LogP contribution in [0.2, 0.25) is 0 Å². The molecule has 1 aromatic carbocycles. The molecule has 1 aliphatic heterocycles. The van der Waals surface area contributed by atoms with Crippen molar-refractivity contribution in [3.05, 3.63) is 65.8 Å². The van der Waals surface area contributed by atoms with Gasteiger partial charge in [-0.05, 0) is 49.0 Å². The highest BCUT2D eigenvalue weighted by atomic mass is 19.2. The summed E-state index contributed by atoms with van der Waals surface area (Å²) < 4.78 is 36.2. The number of nitrogens with zero attached hydrogens (tertiary/aromatic N) is 2. The smallest absolute Gasteiger partial charge is 0.167 e. The van der Waals surface area contributed by atoms with Gasteiger partial charge in [0.2, 0.25) is 0 Å². The Morgan fingerprint density at radius 3 is 2.36 bits per heavy atom. The predicted octanol–water partition coefficient (Wildman–Crippen LogP) is 7.18. The molecule has 0 spiro atoms. The van der Waals surface area contributed by atoms with Crippen LogP contribution in [-0.2, 0) is 11.2 Å². The third-order valence-corrected chi connectivity index (χ3v) is 6.99. The molecule has 0 N–H and O–H groups in total. The average Bonchev–Trinajstić information content (AvgIpc) is 2.82. The van der Waals surface area contributed by atoms with E-state index in [9.17, 15) is 0 Å². The lowest BCUT2D eigenvalue weighted by atomic mass is 9.75. The minimum Gasteiger partial charge on any atom is -0.378 e. The molecule has 0 amide bonds. The fraction of sp³-hybridized carbons (Fsp3) is 0.500. The molecular formula is C28H34F2N2O. The van der Waals surface area contributed by atoms with E-state index in [2.05, 4.69) is 36.0 Å². The first-order chi connectivity index (χ1) is 16.0. The van der Waals surface area contributed by atoms with E-state index in [0.29, 0.717) is 34.9 Å². The number of aromatic nitrogens is 2. The van der Waals surface area contributed by atoms with Crippen molar-refractivity contribution in [1.29, 1.82) is 0 Å². The maximum absolute atomic E-state index is 15.1. The van der Waals surface area contributed by atoms with E-state index in [4.69, 9.17) is 4.74 Å². The topological polar surface area (TPSA) is 35.0 Å². The fourth-order valence-corrected chi connectivity index (χ4v) is 5.13. The molecule has 3 nitrogen and oxygen atoms in total. The van der Waals surface area contributed by atoms with Crippen LogP contribution in [0, 0.1) is 29.4 Å². The monoisotopic (exact) mass is 452 g/mol. The van der Waals surface area contributed by atoms with Gasteiger partial charge in [-0.15, -0.1) is 0 Å². The number of ether oxygens (including phenoxy) is 1. The minimum absolute atomic E-state index is 0.187. The first-order valence-electron chi connectivity index (χ1n) is 12.3. The molecule has 176 valence electrons. The van der Waals surface area contributed by atoms with Gasteiger partial charge in [-0.25, -0.2) is 18.7 Å². The molecule has 4 atom stereocenters. The maximum Gasteiger partial charge on any atom is 0.167 e. The van der Waals surface area contributed by atoms with Gasteiger partial charge in [-0.3, -0.25) is 0 Å². The molecule has 1 saturated heterocycles. The van der Waals surface area contributed by atoms with Crippen molar-refractivity contribution in [3.63, 3.8) is 0 Å². The lowest BCUT2D eigenvalue weighted by Gasteiger charge is -2.36. The molecule has 2 aliphatic rings. The summed E-state index contributed by atoms with van der Waals surface area (Å²) >= 11 is 0. The van der Waals surface area contributed by atoms with Gasteiger partial charge in [0.1, 0.15) is 5.82 Å². The Labute approximate surface area is 196 Å². The van der Waals surface area contributed by atoms with Gasteiger partial charge in [0.15, 0.2) is 11.6 Å². The molecule has 0 radical (unpaired) electrons. The van der Waals surface area contributed by atoms with Crippen LogP contribution in [0.5, 0.6) is 0 Å². The number of hydrogen-bond acceptors (Lipinski definition) is 3. The third-order valence-electron chi connectivity index (χ3n) is 6.99. The summed E-state index contributed by atoms with van der Waals surface area (Å²) in [4.78, 5) is 8.54. The van der Waals surface area contributed by atoms with Gasteiger partial charge in [0.05, 0.1) is 12.7 Å². The Hall–Kier alpha value is -2.40. The Kier molecular flexibility index (Phi) is 7.69. The highest BCUT2D eigenvalue weighted by molar-refractivity contribution is 5.77. The fourth-order valence-electron chi connectivity index (χ4n) is 5.13. The van der Waals surface area contributed by atoms with Gasteiger partial charge >= 0.3 is 0 Å². The summed E-state index contributed by atoms with van der Waals surface area (Å²) in [6.07, 6.45) is 16.0. The summed E-state index contributed by atoms with van der Waals surface area (Å²) in [5.41, 5.74) is 1.70. The largest absolute Gasteiger partial charge is 0.378 e. The van der Waals surface area contributed by atoms with Crippen LogP contribution in [0.3, 0.4) is 0 Å². The van der Waals surface area contributed by atoms with Gasteiger partial charge in [-0.2, -0.15) is 0 Å². The van der Waals surface area contributed by atoms with Crippen LogP contribution in [0.15, 0.2) is 42.8 Å². The number of benzene rings is 1. The van der Waals surface area contributed by atoms with Crippen LogP contribution in [0.1, 0.15) is 64.3 Å². The SMILES string of the molecule is CCCc1ncc(-c2ccc(C3=CC(C)C(C4CCC(CCC)OC4)C=C3)c(F)c2F)cn1. The van der Waals surface area contributed by atoms with Crippen LogP contribution < -0.4 is 0 Å². The lowest BCUT2D eigenvalue weighted by Crippen LogP contribution is -2.32. The van der Waals surface area contributed by atoms with E-state index in [1.807, 2.05) is 13.0 Å². The highest BCUT2D eigenvalue weighted by Crippen LogP contribution is 2.38. The van der Waals surface area contributed by atoms with Gasteiger partial charge < -0.3 is 4.74 Å². The Balaban J connectivity index is 1.49. The second kappa shape index (κ2) is 10.7. The maximum atomic E-state index is 15.1. The zero-order valence-corrected chi connectivity index (χ0v) is 19.9. The Morgan fingerprint density at radius 1 is 1.00 bits per heavy atom. The molecule has 2 heterocycles.